The lowest BCUT2D eigenvalue weighted by Crippen LogP contribution is -2.38. The Morgan fingerprint density at radius 2 is 2.12 bits per heavy atom. The number of sulfone groups is 1. The van der Waals surface area contributed by atoms with Crippen LogP contribution in [0.4, 0.5) is 0 Å². The van der Waals surface area contributed by atoms with Crippen LogP contribution in [0, 0.1) is 0 Å². The summed E-state index contributed by atoms with van der Waals surface area (Å²) in [5.41, 5.74) is 11.6. The second-order valence-corrected chi connectivity index (χ2v) is 7.20. The van der Waals surface area contributed by atoms with Gasteiger partial charge in [0.1, 0.15) is 0 Å². The molecule has 0 radical (unpaired) electrons. The van der Waals surface area contributed by atoms with Gasteiger partial charge in [-0.15, -0.1) is 0 Å². The maximum absolute atomic E-state index is 11.7. The number of hydrogen-bond donors (Lipinski definition) is 2. The summed E-state index contributed by atoms with van der Waals surface area (Å²) in [6, 6.07) is 7.10. The van der Waals surface area contributed by atoms with Gasteiger partial charge in [0, 0.05) is 23.7 Å². The second-order valence-electron chi connectivity index (χ2n) is 4.60. The Kier molecular flexibility index (Phi) is 2.98. The first-order valence-electron chi connectivity index (χ1n) is 5.24. The quantitative estimate of drug-likeness (QED) is 0.841. The van der Waals surface area contributed by atoms with E-state index in [9.17, 15) is 8.42 Å². The summed E-state index contributed by atoms with van der Waals surface area (Å²) in [5.74, 6) is -0.263. The van der Waals surface area contributed by atoms with Crippen molar-refractivity contribution in [1.29, 1.82) is 0 Å². The average molecular weight is 275 g/mol. The van der Waals surface area contributed by atoms with Crippen molar-refractivity contribution < 1.29 is 8.42 Å². The van der Waals surface area contributed by atoms with Gasteiger partial charge in [-0.3, -0.25) is 0 Å². The van der Waals surface area contributed by atoms with Gasteiger partial charge >= 0.3 is 0 Å². The van der Waals surface area contributed by atoms with E-state index in [1.54, 1.807) is 18.2 Å². The van der Waals surface area contributed by atoms with Gasteiger partial charge in [-0.05, 0) is 17.7 Å². The van der Waals surface area contributed by atoms with E-state index in [1.807, 2.05) is 6.07 Å². The summed E-state index contributed by atoms with van der Waals surface area (Å²) >= 11 is 5.89. The van der Waals surface area contributed by atoms with Crippen molar-refractivity contribution in [2.75, 3.05) is 12.8 Å². The lowest BCUT2D eigenvalue weighted by molar-refractivity contribution is 0.591. The van der Waals surface area contributed by atoms with Gasteiger partial charge in [-0.1, -0.05) is 23.7 Å². The fourth-order valence-corrected chi connectivity index (χ4v) is 4.56. The van der Waals surface area contributed by atoms with E-state index >= 15 is 0 Å². The Morgan fingerprint density at radius 3 is 2.53 bits per heavy atom. The maximum Gasteiger partial charge on any atom is 0.152 e. The van der Waals surface area contributed by atoms with Crippen LogP contribution in [-0.4, -0.2) is 32.0 Å². The molecule has 3 atom stereocenters. The SMILES string of the molecule is CS(=O)(=O)C1C(c2cccc(Cl)c2)C1(N)CN. The Labute approximate surface area is 106 Å². The molecule has 6 heteroatoms. The first-order chi connectivity index (χ1) is 7.80. The molecule has 2 rings (SSSR count). The summed E-state index contributed by atoms with van der Waals surface area (Å²) in [5, 5.41) is -0.0421. The molecule has 4 N–H and O–H groups in total. The largest absolute Gasteiger partial charge is 0.329 e. The predicted octanol–water partition coefficient (Wildman–Crippen LogP) is 0.507. The molecule has 3 unspecified atom stereocenters. The number of benzene rings is 1. The van der Waals surface area contributed by atoms with E-state index in [1.165, 1.54) is 6.26 Å². The average Bonchev–Trinajstić information content (AvgIpc) is 2.86. The molecular formula is C11H15ClN2O2S. The van der Waals surface area contributed by atoms with Crippen LogP contribution in [0.3, 0.4) is 0 Å². The highest BCUT2D eigenvalue weighted by atomic mass is 35.5. The topological polar surface area (TPSA) is 86.2 Å². The first-order valence-corrected chi connectivity index (χ1v) is 7.57. The van der Waals surface area contributed by atoms with Crippen LogP contribution >= 0.6 is 11.6 Å². The number of rotatable bonds is 3. The molecule has 4 nitrogen and oxygen atoms in total. The molecule has 94 valence electrons. The zero-order valence-corrected chi connectivity index (χ0v) is 11.0. The van der Waals surface area contributed by atoms with E-state index in [-0.39, 0.29) is 12.5 Å². The summed E-state index contributed by atoms with van der Waals surface area (Å²) < 4.78 is 23.3. The van der Waals surface area contributed by atoms with Crippen molar-refractivity contribution in [2.45, 2.75) is 16.7 Å². The van der Waals surface area contributed by atoms with Crippen LogP contribution in [0.2, 0.25) is 5.02 Å². The second kappa shape index (κ2) is 3.95. The minimum atomic E-state index is -3.21. The molecule has 0 saturated heterocycles. The van der Waals surface area contributed by atoms with Crippen molar-refractivity contribution >= 4 is 21.4 Å². The maximum atomic E-state index is 11.7. The fourth-order valence-electron chi connectivity index (χ4n) is 2.50. The van der Waals surface area contributed by atoms with E-state index in [0.29, 0.717) is 5.02 Å². The predicted molar refractivity (Wildman–Crippen MR) is 68.8 cm³/mol. The first kappa shape index (κ1) is 12.8. The van der Waals surface area contributed by atoms with Gasteiger partial charge in [-0.2, -0.15) is 0 Å². The lowest BCUT2D eigenvalue weighted by atomic mass is 10.1. The van der Waals surface area contributed by atoms with Gasteiger partial charge in [0.15, 0.2) is 9.84 Å². The van der Waals surface area contributed by atoms with Gasteiger partial charge < -0.3 is 11.5 Å². The summed E-state index contributed by atoms with van der Waals surface area (Å²) in [7, 11) is -3.21. The summed E-state index contributed by atoms with van der Waals surface area (Å²) in [6.07, 6.45) is 1.19. The van der Waals surface area contributed by atoms with Crippen LogP contribution in [0.15, 0.2) is 24.3 Å². The van der Waals surface area contributed by atoms with E-state index in [0.717, 1.165) is 5.56 Å². The molecule has 0 aliphatic heterocycles. The Morgan fingerprint density at radius 1 is 1.47 bits per heavy atom. The molecule has 1 aromatic rings. The molecule has 1 aromatic carbocycles. The van der Waals surface area contributed by atoms with Crippen LogP contribution in [0.5, 0.6) is 0 Å². The molecule has 1 fully saturated rings. The van der Waals surface area contributed by atoms with E-state index in [2.05, 4.69) is 0 Å². The highest BCUT2D eigenvalue weighted by molar-refractivity contribution is 7.91. The number of halogens is 1. The third-order valence-corrected chi connectivity index (χ3v) is 5.19. The van der Waals surface area contributed by atoms with Crippen LogP contribution in [0.25, 0.3) is 0 Å². The number of nitrogens with two attached hydrogens (primary N) is 2. The molecule has 0 aromatic heterocycles. The molecule has 0 spiro atoms. The normalized spacial score (nSPS) is 32.5. The standard InChI is InChI=1S/C11H15ClN2O2S/c1-17(15,16)10-9(11(10,14)6-13)7-3-2-4-8(12)5-7/h2-5,9-10H,6,13-14H2,1H3. The molecule has 0 heterocycles. The minimum Gasteiger partial charge on any atom is -0.329 e. The van der Waals surface area contributed by atoms with Gasteiger partial charge in [0.2, 0.25) is 0 Å². The molecule has 17 heavy (non-hydrogen) atoms. The Bertz CT molecular complexity index is 546. The van der Waals surface area contributed by atoms with Gasteiger partial charge in [0.05, 0.1) is 10.8 Å². The highest BCUT2D eigenvalue weighted by Gasteiger charge is 2.67. The van der Waals surface area contributed by atoms with Crippen molar-refractivity contribution in [3.8, 4) is 0 Å². The molecular weight excluding hydrogens is 260 g/mol. The van der Waals surface area contributed by atoms with Gasteiger partial charge in [0.25, 0.3) is 0 Å². The zero-order chi connectivity index (χ0) is 12.8. The van der Waals surface area contributed by atoms with Crippen molar-refractivity contribution in [3.05, 3.63) is 34.9 Å². The third-order valence-electron chi connectivity index (χ3n) is 3.32. The Hall–Kier alpha value is -0.620. The monoisotopic (exact) mass is 274 g/mol. The molecule has 1 saturated carbocycles. The summed E-state index contributed by atoms with van der Waals surface area (Å²) in [4.78, 5) is 0. The van der Waals surface area contributed by atoms with Crippen LogP contribution < -0.4 is 11.5 Å². The van der Waals surface area contributed by atoms with Crippen molar-refractivity contribution in [3.63, 3.8) is 0 Å². The van der Waals surface area contributed by atoms with Gasteiger partial charge in [-0.25, -0.2) is 8.42 Å². The third kappa shape index (κ3) is 2.08. The van der Waals surface area contributed by atoms with Crippen LogP contribution in [-0.2, 0) is 9.84 Å². The molecule has 0 amide bonds. The molecule has 1 aliphatic carbocycles. The molecule has 0 bridgehead atoms. The number of hydrogen-bond acceptors (Lipinski definition) is 4. The van der Waals surface area contributed by atoms with Crippen molar-refractivity contribution in [2.24, 2.45) is 11.5 Å². The van der Waals surface area contributed by atoms with Crippen molar-refractivity contribution in [1.82, 2.24) is 0 Å². The molecule has 1 aliphatic rings. The highest BCUT2D eigenvalue weighted by Crippen LogP contribution is 2.53. The lowest BCUT2D eigenvalue weighted by Gasteiger charge is -2.07. The fraction of sp³-hybridized carbons (Fsp3) is 0.455. The zero-order valence-electron chi connectivity index (χ0n) is 9.43. The van der Waals surface area contributed by atoms with E-state index < -0.39 is 20.6 Å². The minimum absolute atomic E-state index is 0.141. The van der Waals surface area contributed by atoms with Crippen LogP contribution in [0.1, 0.15) is 11.5 Å². The van der Waals surface area contributed by atoms with E-state index in [4.69, 9.17) is 23.1 Å². The smallest absolute Gasteiger partial charge is 0.152 e. The summed E-state index contributed by atoms with van der Waals surface area (Å²) in [6.45, 7) is 0.141. The Balaban J connectivity index is 2.41.